The molecule has 114 valence electrons. The number of hydrogen-bond acceptors (Lipinski definition) is 4. The smallest absolute Gasteiger partial charge is 0.326 e. The molecule has 1 unspecified atom stereocenters. The second kappa shape index (κ2) is 6.02. The van der Waals surface area contributed by atoms with Gasteiger partial charge in [-0.1, -0.05) is 12.8 Å². The van der Waals surface area contributed by atoms with Crippen LogP contribution >= 0.6 is 0 Å². The number of carbonyl (C=O) groups is 1. The van der Waals surface area contributed by atoms with Gasteiger partial charge in [0, 0.05) is 6.54 Å². The lowest BCUT2D eigenvalue weighted by molar-refractivity contribution is -0.385. The lowest BCUT2D eigenvalue weighted by atomic mass is 10.1. The molecular weight excluding hydrogens is 286 g/mol. The summed E-state index contributed by atoms with van der Waals surface area (Å²) in [6, 6.07) is 0.197. The topological polar surface area (TPSA) is 83.7 Å². The van der Waals surface area contributed by atoms with Crippen LogP contribution in [-0.2, 0) is 4.79 Å². The summed E-state index contributed by atoms with van der Waals surface area (Å²) in [5.41, 5.74) is -1.20. The largest absolute Gasteiger partial charge is 0.480 e. The lowest BCUT2D eigenvalue weighted by Crippen LogP contribution is -2.41. The Hall–Kier alpha value is -2.25. The van der Waals surface area contributed by atoms with Gasteiger partial charge in [-0.3, -0.25) is 10.1 Å². The predicted molar refractivity (Wildman–Crippen MR) is 70.3 cm³/mol. The highest BCUT2D eigenvalue weighted by Gasteiger charge is 2.32. The maximum absolute atomic E-state index is 14.0. The van der Waals surface area contributed by atoms with Gasteiger partial charge in [-0.2, -0.15) is 0 Å². The number of nitro benzene ring substituents is 1. The van der Waals surface area contributed by atoms with Gasteiger partial charge < -0.3 is 10.0 Å². The molecule has 1 heterocycles. The monoisotopic (exact) mass is 300 g/mol. The van der Waals surface area contributed by atoms with Gasteiger partial charge in [0.2, 0.25) is 0 Å². The molecule has 1 fully saturated rings. The highest BCUT2D eigenvalue weighted by atomic mass is 19.1. The first-order chi connectivity index (χ1) is 9.91. The van der Waals surface area contributed by atoms with Crippen LogP contribution in [0.1, 0.15) is 25.7 Å². The van der Waals surface area contributed by atoms with Crippen molar-refractivity contribution in [3.8, 4) is 0 Å². The van der Waals surface area contributed by atoms with Crippen molar-refractivity contribution in [1.82, 2.24) is 0 Å². The zero-order valence-corrected chi connectivity index (χ0v) is 11.1. The van der Waals surface area contributed by atoms with Crippen LogP contribution in [-0.4, -0.2) is 28.6 Å². The molecule has 1 aliphatic rings. The Balaban J connectivity index is 2.47. The number of anilines is 1. The summed E-state index contributed by atoms with van der Waals surface area (Å²) in [5, 5.41) is 19.8. The molecule has 0 spiro atoms. The van der Waals surface area contributed by atoms with E-state index in [1.165, 1.54) is 0 Å². The Bertz CT molecular complexity index is 556. The van der Waals surface area contributed by atoms with Gasteiger partial charge in [-0.15, -0.1) is 0 Å². The SMILES string of the molecule is O=C(O)C1CCCCCN1c1c(F)cc([N+](=O)[O-])cc1F. The van der Waals surface area contributed by atoms with Gasteiger partial charge in [-0.05, 0) is 12.8 Å². The molecule has 1 N–H and O–H groups in total. The fourth-order valence-corrected chi connectivity index (χ4v) is 2.56. The van der Waals surface area contributed by atoms with E-state index in [9.17, 15) is 28.8 Å². The minimum Gasteiger partial charge on any atom is -0.480 e. The zero-order valence-electron chi connectivity index (χ0n) is 11.1. The molecule has 1 atom stereocenters. The van der Waals surface area contributed by atoms with Gasteiger partial charge in [0.05, 0.1) is 17.1 Å². The molecule has 21 heavy (non-hydrogen) atoms. The molecule has 1 saturated heterocycles. The number of nitrogens with zero attached hydrogens (tertiary/aromatic N) is 2. The molecule has 6 nitrogen and oxygen atoms in total. The molecule has 2 rings (SSSR count). The number of non-ortho nitro benzene ring substituents is 1. The first-order valence-electron chi connectivity index (χ1n) is 6.54. The molecule has 1 aromatic rings. The van der Waals surface area contributed by atoms with Gasteiger partial charge in [-0.25, -0.2) is 13.6 Å². The van der Waals surface area contributed by atoms with Crippen LogP contribution in [0.25, 0.3) is 0 Å². The average Bonchev–Trinajstić information content (AvgIpc) is 2.63. The van der Waals surface area contributed by atoms with E-state index in [0.717, 1.165) is 11.3 Å². The van der Waals surface area contributed by atoms with E-state index in [2.05, 4.69) is 0 Å². The normalized spacial score (nSPS) is 19.1. The summed E-state index contributed by atoms with van der Waals surface area (Å²) in [6.07, 6.45) is 2.32. The Labute approximate surface area is 119 Å². The van der Waals surface area contributed by atoms with E-state index in [4.69, 9.17) is 0 Å². The van der Waals surface area contributed by atoms with E-state index in [-0.39, 0.29) is 13.0 Å². The summed E-state index contributed by atoms with van der Waals surface area (Å²) in [7, 11) is 0. The van der Waals surface area contributed by atoms with E-state index >= 15 is 0 Å². The minimum absolute atomic E-state index is 0.197. The predicted octanol–water partition coefficient (Wildman–Crippen LogP) is 2.71. The van der Waals surface area contributed by atoms with Crippen LogP contribution in [0.2, 0.25) is 0 Å². The van der Waals surface area contributed by atoms with Crippen molar-refractivity contribution in [1.29, 1.82) is 0 Å². The van der Waals surface area contributed by atoms with Crippen LogP contribution in [0.4, 0.5) is 20.2 Å². The minimum atomic E-state index is -1.16. The molecule has 0 radical (unpaired) electrons. The third kappa shape index (κ3) is 3.09. The number of nitro groups is 1. The Morgan fingerprint density at radius 3 is 2.43 bits per heavy atom. The number of rotatable bonds is 3. The van der Waals surface area contributed by atoms with Gasteiger partial charge in [0.15, 0.2) is 11.6 Å². The number of carboxylic acid groups (broad SMARTS) is 1. The second-order valence-electron chi connectivity index (χ2n) is 4.91. The molecule has 0 aliphatic carbocycles. The van der Waals surface area contributed by atoms with Crippen molar-refractivity contribution in [3.05, 3.63) is 33.9 Å². The van der Waals surface area contributed by atoms with E-state index in [1.807, 2.05) is 0 Å². The van der Waals surface area contributed by atoms with Crippen molar-refractivity contribution >= 4 is 17.3 Å². The molecule has 0 amide bonds. The Kier molecular flexibility index (Phi) is 4.35. The Morgan fingerprint density at radius 2 is 1.90 bits per heavy atom. The average molecular weight is 300 g/mol. The summed E-state index contributed by atoms with van der Waals surface area (Å²) in [4.78, 5) is 22.1. The van der Waals surface area contributed by atoms with E-state index in [1.54, 1.807) is 0 Å². The number of aliphatic carboxylic acids is 1. The summed E-state index contributed by atoms with van der Waals surface area (Å²) in [5.74, 6) is -3.39. The van der Waals surface area contributed by atoms with Gasteiger partial charge in [0.1, 0.15) is 11.7 Å². The maximum Gasteiger partial charge on any atom is 0.326 e. The highest BCUT2D eigenvalue weighted by Crippen LogP contribution is 2.32. The van der Waals surface area contributed by atoms with Gasteiger partial charge >= 0.3 is 5.97 Å². The fraction of sp³-hybridized carbons (Fsp3) is 0.462. The first kappa shape index (κ1) is 15.1. The van der Waals surface area contributed by atoms with Crippen molar-refractivity contribution in [3.63, 3.8) is 0 Å². The van der Waals surface area contributed by atoms with Crippen molar-refractivity contribution in [2.45, 2.75) is 31.7 Å². The number of carboxylic acids is 1. The molecular formula is C13H14F2N2O4. The Morgan fingerprint density at radius 1 is 1.29 bits per heavy atom. The quantitative estimate of drug-likeness (QED) is 0.685. The van der Waals surface area contributed by atoms with Crippen LogP contribution in [0.5, 0.6) is 0 Å². The van der Waals surface area contributed by atoms with E-state index < -0.39 is 39.9 Å². The van der Waals surface area contributed by atoms with Crippen molar-refractivity contribution in [2.75, 3.05) is 11.4 Å². The molecule has 0 bridgehead atoms. The first-order valence-corrected chi connectivity index (χ1v) is 6.54. The fourth-order valence-electron chi connectivity index (χ4n) is 2.56. The van der Waals surface area contributed by atoms with Crippen LogP contribution in [0.15, 0.2) is 12.1 Å². The highest BCUT2D eigenvalue weighted by molar-refractivity contribution is 5.78. The third-order valence-corrected chi connectivity index (χ3v) is 3.54. The molecule has 1 aliphatic heterocycles. The second-order valence-corrected chi connectivity index (χ2v) is 4.91. The summed E-state index contributed by atoms with van der Waals surface area (Å²) < 4.78 is 28.1. The summed E-state index contributed by atoms with van der Waals surface area (Å²) >= 11 is 0. The molecule has 1 aromatic carbocycles. The molecule has 0 saturated carbocycles. The maximum atomic E-state index is 14.0. The molecule has 8 heteroatoms. The van der Waals surface area contributed by atoms with Crippen molar-refractivity contribution in [2.24, 2.45) is 0 Å². The van der Waals surface area contributed by atoms with Crippen LogP contribution in [0, 0.1) is 21.7 Å². The molecule has 0 aromatic heterocycles. The van der Waals surface area contributed by atoms with Crippen LogP contribution in [0.3, 0.4) is 0 Å². The summed E-state index contributed by atoms with van der Waals surface area (Å²) in [6.45, 7) is 0.197. The third-order valence-electron chi connectivity index (χ3n) is 3.54. The zero-order chi connectivity index (χ0) is 15.6. The van der Waals surface area contributed by atoms with Crippen LogP contribution < -0.4 is 4.90 Å². The number of halogens is 2. The van der Waals surface area contributed by atoms with Gasteiger partial charge in [0.25, 0.3) is 5.69 Å². The van der Waals surface area contributed by atoms with E-state index in [0.29, 0.717) is 25.0 Å². The number of benzene rings is 1. The lowest BCUT2D eigenvalue weighted by Gasteiger charge is -2.29. The van der Waals surface area contributed by atoms with Crippen molar-refractivity contribution < 1.29 is 23.6 Å². The standard InChI is InChI=1S/C13H14F2N2O4/c14-9-6-8(17(20)21)7-10(15)12(9)16-5-3-1-2-4-11(16)13(18)19/h6-7,11H,1-5H2,(H,18,19). The number of hydrogen-bond donors (Lipinski definition) is 1.